The minimum atomic E-state index is -1.34. The molecule has 3 rings (SSSR count). The molecule has 1 aliphatic heterocycles. The van der Waals surface area contributed by atoms with Crippen molar-refractivity contribution < 1.29 is 18.8 Å². The van der Waals surface area contributed by atoms with Crippen LogP contribution >= 0.6 is 0 Å². The van der Waals surface area contributed by atoms with Gasteiger partial charge in [-0.05, 0) is 42.3 Å². The van der Waals surface area contributed by atoms with E-state index in [1.54, 1.807) is 0 Å². The number of anilines is 1. The lowest BCUT2D eigenvalue weighted by Gasteiger charge is -2.22. The molecule has 1 fully saturated rings. The van der Waals surface area contributed by atoms with E-state index in [1.807, 2.05) is 43.3 Å². The average molecular weight is 398 g/mol. The van der Waals surface area contributed by atoms with Crippen LogP contribution in [-0.4, -0.2) is 43.4 Å². The first-order valence-corrected chi connectivity index (χ1v) is 9.14. The molecular formula is C21H23FN4O3. The summed E-state index contributed by atoms with van der Waals surface area (Å²) < 4.78 is 13.2. The molecule has 0 radical (unpaired) electrons. The second-order valence-corrected chi connectivity index (χ2v) is 7.29. The number of imide groups is 1. The number of carbonyl (C=O) groups is 3. The maximum absolute atomic E-state index is 13.2. The summed E-state index contributed by atoms with van der Waals surface area (Å²) in [6.07, 6.45) is 0. The summed E-state index contributed by atoms with van der Waals surface area (Å²) in [5.41, 5.74) is 1.05. The van der Waals surface area contributed by atoms with Crippen LogP contribution in [0.2, 0.25) is 0 Å². The maximum Gasteiger partial charge on any atom is 0.325 e. The fourth-order valence-corrected chi connectivity index (χ4v) is 3.13. The van der Waals surface area contributed by atoms with Crippen LogP contribution in [0.15, 0.2) is 48.5 Å². The lowest BCUT2D eigenvalue weighted by molar-refractivity contribution is -0.134. The Balaban J connectivity index is 1.62. The molecule has 0 saturated carbocycles. The van der Waals surface area contributed by atoms with E-state index in [2.05, 4.69) is 10.6 Å². The van der Waals surface area contributed by atoms with Crippen molar-refractivity contribution in [1.82, 2.24) is 15.5 Å². The van der Waals surface area contributed by atoms with Gasteiger partial charge in [0.2, 0.25) is 5.91 Å². The number of benzene rings is 2. The molecule has 1 saturated heterocycles. The Morgan fingerprint density at radius 3 is 2.31 bits per heavy atom. The first-order valence-electron chi connectivity index (χ1n) is 9.14. The van der Waals surface area contributed by atoms with Crippen LogP contribution in [0.4, 0.5) is 14.9 Å². The van der Waals surface area contributed by atoms with E-state index in [0.29, 0.717) is 5.56 Å². The highest BCUT2D eigenvalue weighted by Crippen LogP contribution is 2.28. The van der Waals surface area contributed by atoms with Crippen molar-refractivity contribution in [3.8, 4) is 0 Å². The van der Waals surface area contributed by atoms with Gasteiger partial charge in [0, 0.05) is 26.3 Å². The third-order valence-electron chi connectivity index (χ3n) is 4.94. The van der Waals surface area contributed by atoms with Crippen LogP contribution in [0.1, 0.15) is 18.1 Å². The monoisotopic (exact) mass is 398 g/mol. The number of rotatable bonds is 6. The molecule has 1 heterocycles. The van der Waals surface area contributed by atoms with E-state index in [9.17, 15) is 18.8 Å². The van der Waals surface area contributed by atoms with Gasteiger partial charge in [-0.2, -0.15) is 0 Å². The molecule has 0 spiro atoms. The average Bonchev–Trinajstić information content (AvgIpc) is 2.91. The fourth-order valence-electron chi connectivity index (χ4n) is 3.13. The SMILES string of the molecule is CN(C)c1ccc(CNC(=O)CN2C(=O)NC(C)(c3ccc(F)cc3)C2=O)cc1. The Bertz CT molecular complexity index is 928. The molecule has 1 aliphatic rings. The number of nitrogens with one attached hydrogen (secondary N) is 2. The molecule has 7 nitrogen and oxygen atoms in total. The van der Waals surface area contributed by atoms with Gasteiger partial charge >= 0.3 is 6.03 Å². The van der Waals surface area contributed by atoms with Crippen LogP contribution in [0, 0.1) is 5.82 Å². The summed E-state index contributed by atoms with van der Waals surface area (Å²) in [7, 11) is 3.88. The maximum atomic E-state index is 13.2. The summed E-state index contributed by atoms with van der Waals surface area (Å²) in [6.45, 7) is 1.42. The zero-order valence-corrected chi connectivity index (χ0v) is 16.5. The van der Waals surface area contributed by atoms with Gasteiger partial charge in [-0.15, -0.1) is 0 Å². The third-order valence-corrected chi connectivity index (χ3v) is 4.94. The Morgan fingerprint density at radius 2 is 1.72 bits per heavy atom. The van der Waals surface area contributed by atoms with Crippen molar-refractivity contribution in [1.29, 1.82) is 0 Å². The van der Waals surface area contributed by atoms with E-state index in [1.165, 1.54) is 31.2 Å². The standard InChI is InChI=1S/C21H23FN4O3/c1-21(15-6-8-16(22)9-7-15)19(28)26(20(29)24-21)13-18(27)23-12-14-4-10-17(11-5-14)25(2)3/h4-11H,12-13H2,1-3H3,(H,23,27)(H,24,29). The van der Waals surface area contributed by atoms with Gasteiger partial charge < -0.3 is 15.5 Å². The zero-order chi connectivity index (χ0) is 21.2. The summed E-state index contributed by atoms with van der Waals surface area (Å²) in [4.78, 5) is 40.2. The lowest BCUT2D eigenvalue weighted by Crippen LogP contribution is -2.43. The minimum Gasteiger partial charge on any atom is -0.378 e. The third kappa shape index (κ3) is 4.21. The van der Waals surface area contributed by atoms with Gasteiger partial charge in [-0.3, -0.25) is 14.5 Å². The van der Waals surface area contributed by atoms with Crippen molar-refractivity contribution in [2.75, 3.05) is 25.5 Å². The van der Waals surface area contributed by atoms with Crippen molar-refractivity contribution in [2.24, 2.45) is 0 Å². The second kappa shape index (κ2) is 7.90. The molecule has 152 valence electrons. The van der Waals surface area contributed by atoms with Gasteiger partial charge in [0.1, 0.15) is 17.9 Å². The molecule has 4 amide bonds. The Kier molecular flexibility index (Phi) is 5.54. The molecule has 8 heteroatoms. The smallest absolute Gasteiger partial charge is 0.325 e. The van der Waals surface area contributed by atoms with Gasteiger partial charge in [0.05, 0.1) is 0 Å². The molecule has 29 heavy (non-hydrogen) atoms. The Labute approximate surface area is 168 Å². The van der Waals surface area contributed by atoms with E-state index >= 15 is 0 Å². The number of hydrogen-bond donors (Lipinski definition) is 2. The van der Waals surface area contributed by atoms with E-state index in [-0.39, 0.29) is 6.54 Å². The molecule has 1 unspecified atom stereocenters. The fraction of sp³-hybridized carbons (Fsp3) is 0.286. The molecule has 0 bridgehead atoms. The molecule has 2 N–H and O–H groups in total. The van der Waals surface area contributed by atoms with E-state index < -0.39 is 35.7 Å². The van der Waals surface area contributed by atoms with Crippen molar-refractivity contribution in [3.05, 3.63) is 65.5 Å². The molecule has 2 aromatic carbocycles. The van der Waals surface area contributed by atoms with E-state index in [4.69, 9.17) is 0 Å². The Morgan fingerprint density at radius 1 is 1.10 bits per heavy atom. The molecule has 0 aliphatic carbocycles. The quantitative estimate of drug-likeness (QED) is 0.729. The number of halogens is 1. The van der Waals surface area contributed by atoms with Crippen molar-refractivity contribution >= 4 is 23.5 Å². The number of urea groups is 1. The highest BCUT2D eigenvalue weighted by atomic mass is 19.1. The summed E-state index contributed by atoms with van der Waals surface area (Å²) in [5, 5.41) is 5.31. The lowest BCUT2D eigenvalue weighted by atomic mass is 9.92. The minimum absolute atomic E-state index is 0.283. The first-order chi connectivity index (χ1) is 13.7. The van der Waals surface area contributed by atoms with Gasteiger partial charge in [0.15, 0.2) is 0 Å². The Hall–Kier alpha value is -3.42. The van der Waals surface area contributed by atoms with Gasteiger partial charge in [0.25, 0.3) is 5.91 Å². The molecule has 0 aromatic heterocycles. The van der Waals surface area contributed by atoms with Gasteiger partial charge in [-0.1, -0.05) is 24.3 Å². The first kappa shape index (κ1) is 20.3. The molecule has 2 aromatic rings. The van der Waals surface area contributed by atoms with Crippen LogP contribution in [0.5, 0.6) is 0 Å². The number of amides is 4. The van der Waals surface area contributed by atoms with E-state index in [0.717, 1.165) is 16.2 Å². The molecular weight excluding hydrogens is 375 g/mol. The van der Waals surface area contributed by atoms with Crippen LogP contribution in [-0.2, 0) is 21.7 Å². The summed E-state index contributed by atoms with van der Waals surface area (Å²) in [5.74, 6) is -1.45. The van der Waals surface area contributed by atoms with Crippen molar-refractivity contribution in [2.45, 2.75) is 19.0 Å². The highest BCUT2D eigenvalue weighted by molar-refractivity contribution is 6.09. The highest BCUT2D eigenvalue weighted by Gasteiger charge is 2.49. The van der Waals surface area contributed by atoms with Gasteiger partial charge in [-0.25, -0.2) is 9.18 Å². The molecule has 1 atom stereocenters. The number of nitrogens with zero attached hydrogens (tertiary/aromatic N) is 2. The summed E-state index contributed by atoms with van der Waals surface area (Å²) >= 11 is 0. The van der Waals surface area contributed by atoms with Crippen molar-refractivity contribution in [3.63, 3.8) is 0 Å². The number of carbonyl (C=O) groups excluding carboxylic acids is 3. The zero-order valence-electron chi connectivity index (χ0n) is 16.5. The van der Waals surface area contributed by atoms with Crippen LogP contribution < -0.4 is 15.5 Å². The largest absolute Gasteiger partial charge is 0.378 e. The number of hydrogen-bond acceptors (Lipinski definition) is 4. The second-order valence-electron chi connectivity index (χ2n) is 7.29. The predicted octanol–water partition coefficient (Wildman–Crippen LogP) is 1.98. The predicted molar refractivity (Wildman–Crippen MR) is 107 cm³/mol. The van der Waals surface area contributed by atoms with Crippen LogP contribution in [0.3, 0.4) is 0 Å². The summed E-state index contributed by atoms with van der Waals surface area (Å²) in [6, 6.07) is 12.3. The topological polar surface area (TPSA) is 81.8 Å². The van der Waals surface area contributed by atoms with Crippen LogP contribution in [0.25, 0.3) is 0 Å². The normalized spacial score (nSPS) is 18.6.